The van der Waals surface area contributed by atoms with Crippen molar-refractivity contribution in [1.82, 2.24) is 0 Å². The average Bonchev–Trinajstić information content (AvgIpc) is 2.26. The number of hydrogen-bond acceptors (Lipinski definition) is 2. The van der Waals surface area contributed by atoms with E-state index in [1.54, 1.807) is 0 Å². The lowest BCUT2D eigenvalue weighted by atomic mass is 10.0. The molecule has 0 saturated heterocycles. The van der Waals surface area contributed by atoms with E-state index in [2.05, 4.69) is 23.4 Å². The third kappa shape index (κ3) is 1.59. The minimum absolute atomic E-state index is 0.665. The van der Waals surface area contributed by atoms with Crippen LogP contribution in [-0.4, -0.2) is 11.4 Å². The maximum atomic E-state index is 8.37. The Morgan fingerprint density at radius 1 is 1.07 bits per heavy atom. The molecule has 2 aromatic carbocycles. The maximum absolute atomic E-state index is 8.37. The molecule has 0 bridgehead atoms. The summed E-state index contributed by atoms with van der Waals surface area (Å²) in [6.07, 6.45) is 2.17. The largest absolute Gasteiger partial charge is 0.411 e. The van der Waals surface area contributed by atoms with Gasteiger partial charge in [0.25, 0.3) is 0 Å². The second-order valence-corrected chi connectivity index (χ2v) is 3.14. The zero-order valence-corrected chi connectivity index (χ0v) is 7.72. The van der Waals surface area contributed by atoms with Crippen LogP contribution in [0.1, 0.15) is 5.56 Å². The van der Waals surface area contributed by atoms with Gasteiger partial charge in [0.1, 0.15) is 0 Å². The molecular weight excluding hydrogens is 174 g/mol. The molecule has 0 atom stereocenters. The van der Waals surface area contributed by atoms with E-state index in [1.165, 1.54) is 22.6 Å². The Labute approximate surface area is 82.5 Å². The highest BCUT2D eigenvalue weighted by molar-refractivity contribution is 5.87. The Morgan fingerprint density at radius 3 is 2.71 bits per heavy atom. The fraction of sp³-hybridized carbons (Fsp3) is 0.0833. The van der Waals surface area contributed by atoms with Gasteiger partial charge < -0.3 is 5.21 Å². The predicted octanol–water partition coefficient (Wildman–Crippen LogP) is 2.84. The van der Waals surface area contributed by atoms with Crippen LogP contribution < -0.4 is 0 Å². The standard InChI is InChI=1S/C12H11NO/c14-13-9-8-11-6-3-5-10-4-1-2-7-12(10)11/h1-7,9,14H,8H2/b13-9+. The summed E-state index contributed by atoms with van der Waals surface area (Å²) in [5, 5.41) is 13.8. The van der Waals surface area contributed by atoms with Crippen molar-refractivity contribution < 1.29 is 5.21 Å². The van der Waals surface area contributed by atoms with Crippen LogP contribution >= 0.6 is 0 Å². The minimum atomic E-state index is 0.665. The van der Waals surface area contributed by atoms with Crippen LogP contribution in [0.2, 0.25) is 0 Å². The lowest BCUT2D eigenvalue weighted by Crippen LogP contribution is -1.87. The smallest absolute Gasteiger partial charge is 0.0479 e. The van der Waals surface area contributed by atoms with Crippen LogP contribution in [-0.2, 0) is 6.42 Å². The molecule has 2 nitrogen and oxygen atoms in total. The van der Waals surface area contributed by atoms with Crippen LogP contribution in [0.3, 0.4) is 0 Å². The maximum Gasteiger partial charge on any atom is 0.0479 e. The minimum Gasteiger partial charge on any atom is -0.411 e. The van der Waals surface area contributed by atoms with Crippen LogP contribution in [0, 0.1) is 0 Å². The monoisotopic (exact) mass is 185 g/mol. The quantitative estimate of drug-likeness (QED) is 0.435. The van der Waals surface area contributed by atoms with Gasteiger partial charge >= 0.3 is 0 Å². The third-order valence-corrected chi connectivity index (χ3v) is 2.27. The molecule has 0 spiro atoms. The molecule has 14 heavy (non-hydrogen) atoms. The highest BCUT2D eigenvalue weighted by Crippen LogP contribution is 2.18. The van der Waals surface area contributed by atoms with Gasteiger partial charge in [-0.15, -0.1) is 5.16 Å². The van der Waals surface area contributed by atoms with Crippen LogP contribution in [0.5, 0.6) is 0 Å². The molecule has 0 aromatic heterocycles. The van der Waals surface area contributed by atoms with Crippen molar-refractivity contribution in [1.29, 1.82) is 0 Å². The molecule has 2 rings (SSSR count). The number of benzene rings is 2. The van der Waals surface area contributed by atoms with Crippen molar-refractivity contribution in [3.63, 3.8) is 0 Å². The van der Waals surface area contributed by atoms with Gasteiger partial charge in [0.2, 0.25) is 0 Å². The first-order valence-electron chi connectivity index (χ1n) is 4.54. The summed E-state index contributed by atoms with van der Waals surface area (Å²) < 4.78 is 0. The highest BCUT2D eigenvalue weighted by Gasteiger charge is 1.97. The van der Waals surface area contributed by atoms with E-state index in [9.17, 15) is 0 Å². The summed E-state index contributed by atoms with van der Waals surface area (Å²) in [5.41, 5.74) is 1.18. The first-order valence-corrected chi connectivity index (χ1v) is 4.54. The Kier molecular flexibility index (Phi) is 2.45. The van der Waals surface area contributed by atoms with Crippen molar-refractivity contribution in [2.24, 2.45) is 5.16 Å². The summed E-state index contributed by atoms with van der Waals surface area (Å²) in [6, 6.07) is 14.3. The molecule has 0 fully saturated rings. The Balaban J connectivity index is 2.53. The normalized spacial score (nSPS) is 11.1. The molecule has 70 valence electrons. The summed E-state index contributed by atoms with van der Waals surface area (Å²) in [5.74, 6) is 0. The number of nitrogens with zero attached hydrogens (tertiary/aromatic N) is 1. The van der Waals surface area contributed by atoms with Crippen LogP contribution in [0.15, 0.2) is 47.6 Å². The Bertz CT molecular complexity index is 457. The lowest BCUT2D eigenvalue weighted by Gasteiger charge is -2.02. The first kappa shape index (κ1) is 8.75. The molecule has 1 N–H and O–H groups in total. The molecule has 0 aliphatic carbocycles. The highest BCUT2D eigenvalue weighted by atomic mass is 16.4. The number of rotatable bonds is 2. The van der Waals surface area contributed by atoms with Crippen molar-refractivity contribution in [3.8, 4) is 0 Å². The molecule has 0 heterocycles. The fourth-order valence-electron chi connectivity index (χ4n) is 1.61. The SMILES string of the molecule is O/N=C/Cc1cccc2ccccc12. The van der Waals surface area contributed by atoms with E-state index in [-0.39, 0.29) is 0 Å². The topological polar surface area (TPSA) is 32.6 Å². The first-order chi connectivity index (χ1) is 6.92. The number of hydrogen-bond donors (Lipinski definition) is 1. The fourth-order valence-corrected chi connectivity index (χ4v) is 1.61. The van der Waals surface area contributed by atoms with E-state index in [1.807, 2.05) is 24.3 Å². The number of oxime groups is 1. The molecular formula is C12H11NO. The van der Waals surface area contributed by atoms with Crippen molar-refractivity contribution in [2.75, 3.05) is 0 Å². The number of fused-ring (bicyclic) bond motifs is 1. The van der Waals surface area contributed by atoms with Crippen LogP contribution in [0.25, 0.3) is 10.8 Å². The molecule has 0 aliphatic rings. The molecule has 2 aromatic rings. The summed E-state index contributed by atoms with van der Waals surface area (Å²) in [6.45, 7) is 0. The van der Waals surface area contributed by atoms with Crippen LogP contribution in [0.4, 0.5) is 0 Å². The molecule has 0 radical (unpaired) electrons. The second-order valence-electron chi connectivity index (χ2n) is 3.14. The molecule has 2 heteroatoms. The van der Waals surface area contributed by atoms with Gasteiger partial charge in [0.05, 0.1) is 0 Å². The van der Waals surface area contributed by atoms with Gasteiger partial charge in [0, 0.05) is 12.6 Å². The summed E-state index contributed by atoms with van der Waals surface area (Å²) >= 11 is 0. The van der Waals surface area contributed by atoms with E-state index in [0.29, 0.717) is 6.42 Å². The van der Waals surface area contributed by atoms with Gasteiger partial charge in [-0.05, 0) is 16.3 Å². The van der Waals surface area contributed by atoms with E-state index >= 15 is 0 Å². The Hall–Kier alpha value is -1.83. The zero-order valence-electron chi connectivity index (χ0n) is 7.72. The predicted molar refractivity (Wildman–Crippen MR) is 57.9 cm³/mol. The van der Waals surface area contributed by atoms with Gasteiger partial charge in [0.15, 0.2) is 0 Å². The molecule has 0 saturated carbocycles. The Morgan fingerprint density at radius 2 is 1.86 bits per heavy atom. The van der Waals surface area contributed by atoms with Crippen molar-refractivity contribution in [2.45, 2.75) is 6.42 Å². The summed E-state index contributed by atoms with van der Waals surface area (Å²) in [4.78, 5) is 0. The third-order valence-electron chi connectivity index (χ3n) is 2.27. The van der Waals surface area contributed by atoms with Gasteiger partial charge in [-0.2, -0.15) is 0 Å². The van der Waals surface area contributed by atoms with Crippen molar-refractivity contribution in [3.05, 3.63) is 48.0 Å². The molecule has 0 amide bonds. The average molecular weight is 185 g/mol. The summed E-state index contributed by atoms with van der Waals surface area (Å²) in [7, 11) is 0. The van der Waals surface area contributed by atoms with E-state index in [0.717, 1.165) is 0 Å². The molecule has 0 aliphatic heterocycles. The van der Waals surface area contributed by atoms with E-state index < -0.39 is 0 Å². The molecule has 0 unspecified atom stereocenters. The lowest BCUT2D eigenvalue weighted by molar-refractivity contribution is 0.321. The van der Waals surface area contributed by atoms with Gasteiger partial charge in [-0.3, -0.25) is 0 Å². The van der Waals surface area contributed by atoms with Crippen molar-refractivity contribution >= 4 is 17.0 Å². The van der Waals surface area contributed by atoms with E-state index in [4.69, 9.17) is 5.21 Å². The zero-order chi connectivity index (χ0) is 9.80. The van der Waals surface area contributed by atoms with Gasteiger partial charge in [-0.25, -0.2) is 0 Å². The second kappa shape index (κ2) is 3.92. The van der Waals surface area contributed by atoms with Gasteiger partial charge in [-0.1, -0.05) is 42.5 Å².